The standard InChI is InChI=1S/C14H28N2O/c1-3-12-6-7-15-13(10-12)11-16(8-9-17-2)14-4-5-14/h12-15H,3-11H2,1-2H3. The highest BCUT2D eigenvalue weighted by atomic mass is 16.5. The van der Waals surface area contributed by atoms with Gasteiger partial charge in [-0.15, -0.1) is 0 Å². The Morgan fingerprint density at radius 3 is 2.76 bits per heavy atom. The molecule has 1 N–H and O–H groups in total. The summed E-state index contributed by atoms with van der Waals surface area (Å²) in [5.41, 5.74) is 0. The van der Waals surface area contributed by atoms with Crippen LogP contribution in [-0.2, 0) is 4.74 Å². The summed E-state index contributed by atoms with van der Waals surface area (Å²) >= 11 is 0. The SMILES string of the molecule is CCC1CCNC(CN(CCOC)C2CC2)C1. The van der Waals surface area contributed by atoms with Crippen molar-refractivity contribution in [3.63, 3.8) is 0 Å². The van der Waals surface area contributed by atoms with Crippen molar-refractivity contribution in [2.75, 3.05) is 33.4 Å². The Morgan fingerprint density at radius 2 is 2.12 bits per heavy atom. The fourth-order valence-corrected chi connectivity index (χ4v) is 2.96. The van der Waals surface area contributed by atoms with E-state index in [1.54, 1.807) is 7.11 Å². The van der Waals surface area contributed by atoms with Crippen molar-refractivity contribution in [2.45, 2.75) is 51.1 Å². The van der Waals surface area contributed by atoms with Gasteiger partial charge in [0.05, 0.1) is 6.61 Å². The molecule has 1 aliphatic heterocycles. The molecule has 1 saturated carbocycles. The molecule has 1 aliphatic carbocycles. The Morgan fingerprint density at radius 1 is 1.29 bits per heavy atom. The molecular formula is C14H28N2O. The lowest BCUT2D eigenvalue weighted by molar-refractivity contribution is 0.127. The predicted octanol–water partition coefficient (Wildman–Crippen LogP) is 1.88. The highest BCUT2D eigenvalue weighted by Gasteiger charge is 2.31. The van der Waals surface area contributed by atoms with Gasteiger partial charge in [-0.2, -0.15) is 0 Å². The molecule has 0 bridgehead atoms. The molecular weight excluding hydrogens is 212 g/mol. The smallest absolute Gasteiger partial charge is 0.0589 e. The van der Waals surface area contributed by atoms with E-state index in [4.69, 9.17) is 4.74 Å². The second-order valence-electron chi connectivity index (χ2n) is 5.67. The Bertz CT molecular complexity index is 218. The van der Waals surface area contributed by atoms with Crippen molar-refractivity contribution >= 4 is 0 Å². The average Bonchev–Trinajstić information content (AvgIpc) is 3.19. The van der Waals surface area contributed by atoms with Crippen LogP contribution >= 0.6 is 0 Å². The molecule has 0 amide bonds. The molecule has 3 nitrogen and oxygen atoms in total. The third-order valence-corrected chi connectivity index (χ3v) is 4.28. The molecule has 0 aromatic carbocycles. The number of hydrogen-bond acceptors (Lipinski definition) is 3. The van der Waals surface area contributed by atoms with Crippen LogP contribution < -0.4 is 5.32 Å². The van der Waals surface area contributed by atoms with Gasteiger partial charge in [0.15, 0.2) is 0 Å². The molecule has 0 aromatic rings. The third kappa shape index (κ3) is 4.23. The van der Waals surface area contributed by atoms with E-state index in [1.807, 2.05) is 0 Å². The van der Waals surface area contributed by atoms with Crippen LogP contribution in [0.4, 0.5) is 0 Å². The first kappa shape index (κ1) is 13.3. The molecule has 1 saturated heterocycles. The summed E-state index contributed by atoms with van der Waals surface area (Å²) in [4.78, 5) is 2.64. The molecule has 2 aliphatic rings. The maximum Gasteiger partial charge on any atom is 0.0589 e. The van der Waals surface area contributed by atoms with Crippen LogP contribution in [0.5, 0.6) is 0 Å². The molecule has 2 unspecified atom stereocenters. The third-order valence-electron chi connectivity index (χ3n) is 4.28. The van der Waals surface area contributed by atoms with Crippen LogP contribution in [-0.4, -0.2) is 50.3 Å². The van der Waals surface area contributed by atoms with E-state index in [9.17, 15) is 0 Å². The summed E-state index contributed by atoms with van der Waals surface area (Å²) in [6, 6.07) is 1.57. The number of methoxy groups -OCH3 is 1. The van der Waals surface area contributed by atoms with Gasteiger partial charge in [-0.05, 0) is 38.1 Å². The molecule has 2 fully saturated rings. The van der Waals surface area contributed by atoms with Gasteiger partial charge in [0, 0.05) is 32.3 Å². The lowest BCUT2D eigenvalue weighted by Gasteiger charge is -2.34. The van der Waals surface area contributed by atoms with Crippen molar-refractivity contribution in [3.8, 4) is 0 Å². The minimum Gasteiger partial charge on any atom is -0.383 e. The lowest BCUT2D eigenvalue weighted by atomic mass is 9.90. The van der Waals surface area contributed by atoms with Crippen LogP contribution in [0.25, 0.3) is 0 Å². The molecule has 17 heavy (non-hydrogen) atoms. The summed E-state index contributed by atoms with van der Waals surface area (Å²) in [6.45, 7) is 6.75. The Labute approximate surface area is 106 Å². The Kier molecular flexibility index (Phi) is 5.26. The minimum atomic E-state index is 0.714. The topological polar surface area (TPSA) is 24.5 Å². The van der Waals surface area contributed by atoms with Crippen LogP contribution in [0, 0.1) is 5.92 Å². The number of nitrogens with zero attached hydrogens (tertiary/aromatic N) is 1. The van der Waals surface area contributed by atoms with E-state index in [0.29, 0.717) is 6.04 Å². The molecule has 100 valence electrons. The van der Waals surface area contributed by atoms with Gasteiger partial charge in [0.1, 0.15) is 0 Å². The van der Waals surface area contributed by atoms with Gasteiger partial charge in [-0.3, -0.25) is 4.90 Å². The van der Waals surface area contributed by atoms with Gasteiger partial charge in [0.2, 0.25) is 0 Å². The number of rotatable bonds is 7. The average molecular weight is 240 g/mol. The summed E-state index contributed by atoms with van der Waals surface area (Å²) in [5.74, 6) is 0.949. The van der Waals surface area contributed by atoms with Gasteiger partial charge >= 0.3 is 0 Å². The molecule has 0 radical (unpaired) electrons. The largest absolute Gasteiger partial charge is 0.383 e. The van der Waals surface area contributed by atoms with E-state index in [1.165, 1.54) is 45.2 Å². The van der Waals surface area contributed by atoms with Crippen molar-refractivity contribution in [3.05, 3.63) is 0 Å². The van der Waals surface area contributed by atoms with Crippen molar-refractivity contribution < 1.29 is 4.74 Å². The zero-order chi connectivity index (χ0) is 12.1. The van der Waals surface area contributed by atoms with E-state index >= 15 is 0 Å². The first-order valence-corrected chi connectivity index (χ1v) is 7.29. The van der Waals surface area contributed by atoms with Crippen LogP contribution in [0.15, 0.2) is 0 Å². The Hall–Kier alpha value is -0.120. The van der Waals surface area contributed by atoms with Crippen LogP contribution in [0.1, 0.15) is 39.0 Å². The van der Waals surface area contributed by atoms with Crippen LogP contribution in [0.2, 0.25) is 0 Å². The van der Waals surface area contributed by atoms with E-state index in [2.05, 4.69) is 17.1 Å². The summed E-state index contributed by atoms with van der Waals surface area (Å²) in [5, 5.41) is 3.69. The number of nitrogens with one attached hydrogen (secondary N) is 1. The highest BCUT2D eigenvalue weighted by Crippen LogP contribution is 2.28. The fraction of sp³-hybridized carbons (Fsp3) is 1.00. The monoisotopic (exact) mass is 240 g/mol. The molecule has 2 atom stereocenters. The maximum absolute atomic E-state index is 5.22. The van der Waals surface area contributed by atoms with Crippen molar-refractivity contribution in [2.24, 2.45) is 5.92 Å². The summed E-state index contributed by atoms with van der Waals surface area (Å²) in [7, 11) is 1.80. The number of piperidine rings is 1. The molecule has 1 heterocycles. The number of ether oxygens (including phenoxy) is 1. The highest BCUT2D eigenvalue weighted by molar-refractivity contribution is 4.88. The van der Waals surface area contributed by atoms with Gasteiger partial charge in [-0.25, -0.2) is 0 Å². The zero-order valence-corrected chi connectivity index (χ0v) is 11.5. The maximum atomic E-state index is 5.22. The van der Waals surface area contributed by atoms with E-state index in [0.717, 1.165) is 25.1 Å². The van der Waals surface area contributed by atoms with Gasteiger partial charge in [-0.1, -0.05) is 13.3 Å². The normalized spacial score (nSPS) is 29.8. The van der Waals surface area contributed by atoms with E-state index < -0.39 is 0 Å². The first-order valence-electron chi connectivity index (χ1n) is 7.29. The van der Waals surface area contributed by atoms with Crippen molar-refractivity contribution in [1.29, 1.82) is 0 Å². The fourth-order valence-electron chi connectivity index (χ4n) is 2.96. The lowest BCUT2D eigenvalue weighted by Crippen LogP contribution is -2.47. The van der Waals surface area contributed by atoms with Crippen molar-refractivity contribution in [1.82, 2.24) is 10.2 Å². The molecule has 2 rings (SSSR count). The Balaban J connectivity index is 1.76. The van der Waals surface area contributed by atoms with Crippen LogP contribution in [0.3, 0.4) is 0 Å². The van der Waals surface area contributed by atoms with Gasteiger partial charge in [0.25, 0.3) is 0 Å². The molecule has 3 heteroatoms. The zero-order valence-electron chi connectivity index (χ0n) is 11.5. The predicted molar refractivity (Wildman–Crippen MR) is 71.3 cm³/mol. The van der Waals surface area contributed by atoms with Gasteiger partial charge < -0.3 is 10.1 Å². The van der Waals surface area contributed by atoms with E-state index in [-0.39, 0.29) is 0 Å². The first-order chi connectivity index (χ1) is 8.33. The number of hydrogen-bond donors (Lipinski definition) is 1. The second kappa shape index (κ2) is 6.72. The summed E-state index contributed by atoms with van der Waals surface area (Å²) in [6.07, 6.45) is 6.88. The quantitative estimate of drug-likeness (QED) is 0.735. The summed E-state index contributed by atoms with van der Waals surface area (Å²) < 4.78 is 5.22. The molecule has 0 spiro atoms. The molecule has 0 aromatic heterocycles. The minimum absolute atomic E-state index is 0.714. The second-order valence-corrected chi connectivity index (χ2v) is 5.67.